The van der Waals surface area contributed by atoms with Gasteiger partial charge in [-0.25, -0.2) is 0 Å². The Morgan fingerprint density at radius 1 is 1.06 bits per heavy atom. The molecule has 0 spiro atoms. The second-order valence-corrected chi connectivity index (χ2v) is 8.52. The summed E-state index contributed by atoms with van der Waals surface area (Å²) >= 11 is 0. The molecular formula is C24H38N2O5. The van der Waals surface area contributed by atoms with E-state index in [-0.39, 0.29) is 12.7 Å². The maximum absolute atomic E-state index is 12.6. The van der Waals surface area contributed by atoms with Crippen molar-refractivity contribution in [1.82, 2.24) is 10.2 Å². The van der Waals surface area contributed by atoms with Gasteiger partial charge in [-0.05, 0) is 24.1 Å². The summed E-state index contributed by atoms with van der Waals surface area (Å²) in [5.41, 5.74) is 0.721. The number of aliphatic hydroxyl groups is 1. The van der Waals surface area contributed by atoms with Gasteiger partial charge < -0.3 is 24.6 Å². The summed E-state index contributed by atoms with van der Waals surface area (Å²) in [5, 5.41) is 14.2. The van der Waals surface area contributed by atoms with Crippen molar-refractivity contribution >= 4 is 5.91 Å². The van der Waals surface area contributed by atoms with Crippen LogP contribution in [0.1, 0.15) is 70.0 Å². The lowest BCUT2D eigenvalue weighted by molar-refractivity contribution is -0.123. The van der Waals surface area contributed by atoms with E-state index < -0.39 is 12.1 Å². The average Bonchev–Trinajstić information content (AvgIpc) is 3.26. The van der Waals surface area contributed by atoms with Crippen LogP contribution in [0.25, 0.3) is 0 Å². The summed E-state index contributed by atoms with van der Waals surface area (Å²) in [6, 6.07) is 5.07. The standard InChI is InChI=1S/C24H38N2O5/c1-2-3-4-5-6-7-8-9-23(27)25-20(17-26-12-14-29-15-13-26)24(28)19-10-11-21-22(16-19)31-18-30-21/h10-11,16,20,24,28H,2-9,12-15,17-18H2,1H3,(H,25,27)/t20-,24-/m1/s1. The molecule has 7 nitrogen and oxygen atoms in total. The largest absolute Gasteiger partial charge is 0.454 e. The quantitative estimate of drug-likeness (QED) is 0.463. The summed E-state index contributed by atoms with van der Waals surface area (Å²) in [6.45, 7) is 5.96. The first-order chi connectivity index (χ1) is 15.2. The minimum absolute atomic E-state index is 0.00612. The highest BCUT2D eigenvalue weighted by Gasteiger charge is 2.27. The van der Waals surface area contributed by atoms with Crippen LogP contribution in [0.15, 0.2) is 18.2 Å². The van der Waals surface area contributed by atoms with Crippen LogP contribution in [0.5, 0.6) is 11.5 Å². The second kappa shape index (κ2) is 12.9. The predicted molar refractivity (Wildman–Crippen MR) is 119 cm³/mol. The number of unbranched alkanes of at least 4 members (excludes halogenated alkanes) is 6. The van der Waals surface area contributed by atoms with E-state index in [1.54, 1.807) is 0 Å². The third-order valence-corrected chi connectivity index (χ3v) is 6.03. The fourth-order valence-corrected chi connectivity index (χ4v) is 4.14. The number of nitrogens with zero attached hydrogens (tertiary/aromatic N) is 1. The van der Waals surface area contributed by atoms with Crippen molar-refractivity contribution in [2.75, 3.05) is 39.6 Å². The van der Waals surface area contributed by atoms with Gasteiger partial charge in [0, 0.05) is 26.1 Å². The van der Waals surface area contributed by atoms with Crippen LogP contribution < -0.4 is 14.8 Å². The van der Waals surface area contributed by atoms with Crippen molar-refractivity contribution in [3.63, 3.8) is 0 Å². The molecule has 1 saturated heterocycles. The number of morpholine rings is 1. The second-order valence-electron chi connectivity index (χ2n) is 8.52. The number of carbonyl (C=O) groups is 1. The molecule has 2 N–H and O–H groups in total. The highest BCUT2D eigenvalue weighted by atomic mass is 16.7. The summed E-state index contributed by atoms with van der Waals surface area (Å²) < 4.78 is 16.3. The number of nitrogens with one attached hydrogen (secondary N) is 1. The summed E-state index contributed by atoms with van der Waals surface area (Å²) in [6.07, 6.45) is 7.91. The molecule has 1 aromatic rings. The van der Waals surface area contributed by atoms with Gasteiger partial charge in [-0.3, -0.25) is 9.69 Å². The number of ether oxygens (including phenoxy) is 3. The Bertz CT molecular complexity index is 678. The molecule has 1 amide bonds. The van der Waals surface area contributed by atoms with Crippen molar-refractivity contribution in [3.8, 4) is 11.5 Å². The number of hydrogen-bond donors (Lipinski definition) is 2. The molecule has 0 saturated carbocycles. The summed E-state index contributed by atoms with van der Waals surface area (Å²) in [7, 11) is 0. The zero-order valence-electron chi connectivity index (χ0n) is 18.8. The lowest BCUT2D eigenvalue weighted by atomic mass is 10.0. The van der Waals surface area contributed by atoms with Crippen LogP contribution in [0.2, 0.25) is 0 Å². The van der Waals surface area contributed by atoms with Gasteiger partial charge in [0.25, 0.3) is 0 Å². The molecule has 31 heavy (non-hydrogen) atoms. The van der Waals surface area contributed by atoms with Crippen LogP contribution in [0, 0.1) is 0 Å². The zero-order valence-corrected chi connectivity index (χ0v) is 18.8. The normalized spacial score (nSPS) is 18.0. The Hall–Kier alpha value is -1.83. The first-order valence-electron chi connectivity index (χ1n) is 11.8. The van der Waals surface area contributed by atoms with Gasteiger partial charge in [0.2, 0.25) is 12.7 Å². The fourth-order valence-electron chi connectivity index (χ4n) is 4.14. The Balaban J connectivity index is 1.53. The smallest absolute Gasteiger partial charge is 0.231 e. The number of aliphatic hydroxyl groups excluding tert-OH is 1. The van der Waals surface area contributed by atoms with Gasteiger partial charge >= 0.3 is 0 Å². The third kappa shape index (κ3) is 7.66. The van der Waals surface area contributed by atoms with E-state index in [4.69, 9.17) is 14.2 Å². The molecule has 1 aromatic carbocycles. The Labute approximate surface area is 186 Å². The molecule has 0 bridgehead atoms. The lowest BCUT2D eigenvalue weighted by Gasteiger charge is -2.33. The number of amides is 1. The van der Waals surface area contributed by atoms with Crippen LogP contribution in [-0.4, -0.2) is 61.6 Å². The molecule has 7 heteroatoms. The molecule has 0 aliphatic carbocycles. The molecule has 174 valence electrons. The van der Waals surface area contributed by atoms with E-state index in [1.807, 2.05) is 18.2 Å². The van der Waals surface area contributed by atoms with Gasteiger partial charge in [0.1, 0.15) is 6.10 Å². The molecule has 2 aliphatic heterocycles. The predicted octanol–water partition coefficient (Wildman–Crippen LogP) is 3.41. The zero-order chi connectivity index (χ0) is 21.9. The molecular weight excluding hydrogens is 396 g/mol. The van der Waals surface area contributed by atoms with Crippen molar-refractivity contribution in [2.24, 2.45) is 0 Å². The highest BCUT2D eigenvalue weighted by molar-refractivity contribution is 5.76. The Morgan fingerprint density at radius 3 is 2.55 bits per heavy atom. The number of hydrogen-bond acceptors (Lipinski definition) is 6. The van der Waals surface area contributed by atoms with E-state index in [0.717, 1.165) is 31.5 Å². The molecule has 1 fully saturated rings. The first kappa shape index (κ1) is 23.8. The number of rotatable bonds is 13. The van der Waals surface area contributed by atoms with Gasteiger partial charge in [0.05, 0.1) is 19.3 Å². The van der Waals surface area contributed by atoms with Crippen molar-refractivity contribution < 1.29 is 24.1 Å². The molecule has 0 unspecified atom stereocenters. The van der Waals surface area contributed by atoms with Crippen LogP contribution >= 0.6 is 0 Å². The molecule has 2 aliphatic rings. The topological polar surface area (TPSA) is 80.3 Å². The van der Waals surface area contributed by atoms with Gasteiger partial charge in [-0.15, -0.1) is 0 Å². The van der Waals surface area contributed by atoms with Crippen molar-refractivity contribution in [2.45, 2.75) is 70.4 Å². The van der Waals surface area contributed by atoms with E-state index >= 15 is 0 Å². The fraction of sp³-hybridized carbons (Fsp3) is 0.708. The van der Waals surface area contributed by atoms with Crippen LogP contribution in [0.3, 0.4) is 0 Å². The molecule has 3 rings (SSSR count). The molecule has 2 atom stereocenters. The van der Waals surface area contributed by atoms with Crippen LogP contribution in [0.4, 0.5) is 0 Å². The number of carbonyl (C=O) groups excluding carboxylic acids is 1. The number of benzene rings is 1. The SMILES string of the molecule is CCCCCCCCCC(=O)N[C@H](CN1CCOCC1)[C@H](O)c1ccc2c(c1)OCO2. The number of fused-ring (bicyclic) bond motifs is 1. The van der Waals surface area contributed by atoms with E-state index in [2.05, 4.69) is 17.1 Å². The lowest BCUT2D eigenvalue weighted by Crippen LogP contribution is -2.49. The van der Waals surface area contributed by atoms with Crippen molar-refractivity contribution in [1.29, 1.82) is 0 Å². The third-order valence-electron chi connectivity index (χ3n) is 6.03. The monoisotopic (exact) mass is 434 g/mol. The minimum atomic E-state index is -0.824. The first-order valence-corrected chi connectivity index (χ1v) is 11.8. The van der Waals surface area contributed by atoms with Crippen molar-refractivity contribution in [3.05, 3.63) is 23.8 Å². The highest BCUT2D eigenvalue weighted by Crippen LogP contribution is 2.35. The molecule has 2 heterocycles. The van der Waals surface area contributed by atoms with Gasteiger partial charge in [-0.1, -0.05) is 51.5 Å². The summed E-state index contributed by atoms with van der Waals surface area (Å²) in [5.74, 6) is 1.33. The van der Waals surface area contributed by atoms with E-state index in [1.165, 1.54) is 32.1 Å². The molecule has 0 aromatic heterocycles. The van der Waals surface area contributed by atoms with Gasteiger partial charge in [0.15, 0.2) is 11.5 Å². The van der Waals surface area contributed by atoms with Gasteiger partial charge in [-0.2, -0.15) is 0 Å². The molecule has 0 radical (unpaired) electrons. The van der Waals surface area contributed by atoms with E-state index in [9.17, 15) is 9.90 Å². The van der Waals surface area contributed by atoms with Crippen LogP contribution in [-0.2, 0) is 9.53 Å². The Morgan fingerprint density at radius 2 is 1.77 bits per heavy atom. The van der Waals surface area contributed by atoms with E-state index in [0.29, 0.717) is 37.7 Å². The minimum Gasteiger partial charge on any atom is -0.454 e. The maximum atomic E-state index is 12.6. The summed E-state index contributed by atoms with van der Waals surface area (Å²) in [4.78, 5) is 14.9. The maximum Gasteiger partial charge on any atom is 0.231 e. The Kier molecular flexibility index (Phi) is 9.90. The average molecular weight is 435 g/mol.